The lowest BCUT2D eigenvalue weighted by Crippen LogP contribution is -2.17. The maximum absolute atomic E-state index is 12.7. The first-order valence-electron chi connectivity index (χ1n) is 5.61. The summed E-state index contributed by atoms with van der Waals surface area (Å²) in [6.07, 6.45) is -4.52. The van der Waals surface area contributed by atoms with Crippen LogP contribution in [0.2, 0.25) is 0 Å². The molecule has 0 N–H and O–H groups in total. The largest absolute Gasteiger partial charge is 0.417 e. The first kappa shape index (κ1) is 14.3. The molecule has 0 bridgehead atoms. The summed E-state index contributed by atoms with van der Waals surface area (Å²) in [5, 5.41) is 10.7. The van der Waals surface area contributed by atoms with Gasteiger partial charge in [0.2, 0.25) is 0 Å². The van der Waals surface area contributed by atoms with E-state index >= 15 is 0 Å². The number of alkyl halides is 3. The molecule has 2 rings (SSSR count). The normalized spacial score (nSPS) is 11.2. The van der Waals surface area contributed by atoms with Crippen LogP contribution in [-0.4, -0.2) is 12.0 Å². The molecule has 3 nitrogen and oxygen atoms in total. The van der Waals surface area contributed by atoms with E-state index in [1.54, 1.807) is 23.5 Å². The van der Waals surface area contributed by atoms with Crippen molar-refractivity contribution >= 4 is 17.0 Å². The molecule has 0 radical (unpaired) electrons. The lowest BCUT2D eigenvalue weighted by molar-refractivity contribution is -0.137. The van der Waals surface area contributed by atoms with E-state index in [4.69, 9.17) is 5.26 Å². The molecular weight excluding hydrogens is 287 g/mol. The van der Waals surface area contributed by atoms with Crippen molar-refractivity contribution in [1.29, 1.82) is 5.26 Å². The van der Waals surface area contributed by atoms with Gasteiger partial charge in [-0.05, 0) is 18.2 Å². The highest BCUT2D eigenvalue weighted by Crippen LogP contribution is 2.33. The predicted octanol–water partition coefficient (Wildman–Crippen LogP) is 3.67. The summed E-state index contributed by atoms with van der Waals surface area (Å²) in [6, 6.07) is 5.13. The second kappa shape index (κ2) is 5.51. The Morgan fingerprint density at radius 3 is 2.70 bits per heavy atom. The smallest absolute Gasteiger partial charge is 0.369 e. The van der Waals surface area contributed by atoms with Gasteiger partial charge in [-0.3, -0.25) is 0 Å². The van der Waals surface area contributed by atoms with Crippen molar-refractivity contribution in [3.8, 4) is 6.07 Å². The van der Waals surface area contributed by atoms with Crippen LogP contribution in [0.3, 0.4) is 0 Å². The van der Waals surface area contributed by atoms with Crippen molar-refractivity contribution < 1.29 is 13.2 Å². The molecule has 1 aromatic heterocycles. The molecule has 0 unspecified atom stereocenters. The second-order valence-electron chi connectivity index (χ2n) is 4.18. The number of rotatable bonds is 3. The zero-order valence-corrected chi connectivity index (χ0v) is 11.3. The Bertz CT molecular complexity index is 629. The third-order valence-electron chi connectivity index (χ3n) is 2.75. The van der Waals surface area contributed by atoms with E-state index < -0.39 is 11.7 Å². The quantitative estimate of drug-likeness (QED) is 0.868. The minimum absolute atomic E-state index is 0.375. The highest BCUT2D eigenvalue weighted by Gasteiger charge is 2.33. The summed E-state index contributed by atoms with van der Waals surface area (Å²) in [7, 11) is 1.74. The minimum atomic E-state index is -4.52. The number of benzene rings is 1. The molecule has 1 heterocycles. The molecule has 0 atom stereocenters. The maximum atomic E-state index is 12.7. The summed E-state index contributed by atoms with van der Waals surface area (Å²) in [4.78, 5) is 5.86. The molecule has 1 aromatic carbocycles. The summed E-state index contributed by atoms with van der Waals surface area (Å²) in [5.74, 6) is 0. The molecule has 0 saturated heterocycles. The summed E-state index contributed by atoms with van der Waals surface area (Å²) < 4.78 is 38.1. The van der Waals surface area contributed by atoms with Crippen LogP contribution in [0.5, 0.6) is 0 Å². The van der Waals surface area contributed by atoms with Gasteiger partial charge in [0.05, 0.1) is 34.9 Å². The highest BCUT2D eigenvalue weighted by atomic mass is 32.1. The lowest BCUT2D eigenvalue weighted by Gasteiger charge is -2.19. The number of hydrogen-bond acceptors (Lipinski definition) is 4. The van der Waals surface area contributed by atoms with E-state index in [1.807, 2.05) is 5.38 Å². The van der Waals surface area contributed by atoms with E-state index in [-0.39, 0.29) is 5.56 Å². The van der Waals surface area contributed by atoms with E-state index in [2.05, 4.69) is 4.98 Å². The molecule has 20 heavy (non-hydrogen) atoms. The second-order valence-corrected chi connectivity index (χ2v) is 4.89. The van der Waals surface area contributed by atoms with Crippen molar-refractivity contribution in [2.24, 2.45) is 0 Å². The Hall–Kier alpha value is -2.07. The van der Waals surface area contributed by atoms with Crippen LogP contribution < -0.4 is 4.90 Å². The summed E-state index contributed by atoms with van der Waals surface area (Å²) >= 11 is 1.45. The van der Waals surface area contributed by atoms with Crippen LogP contribution in [0.25, 0.3) is 0 Å². The number of halogens is 3. The average Bonchev–Trinajstić information content (AvgIpc) is 2.89. The van der Waals surface area contributed by atoms with Crippen molar-refractivity contribution in [2.75, 3.05) is 11.9 Å². The van der Waals surface area contributed by atoms with Crippen molar-refractivity contribution in [3.63, 3.8) is 0 Å². The first-order chi connectivity index (χ1) is 9.41. The number of aromatic nitrogens is 1. The van der Waals surface area contributed by atoms with Gasteiger partial charge in [0.25, 0.3) is 0 Å². The Balaban J connectivity index is 2.28. The van der Waals surface area contributed by atoms with E-state index in [1.165, 1.54) is 23.5 Å². The van der Waals surface area contributed by atoms with Gasteiger partial charge in [0.15, 0.2) is 0 Å². The van der Waals surface area contributed by atoms with E-state index in [0.717, 1.165) is 11.8 Å². The fourth-order valence-electron chi connectivity index (χ4n) is 1.76. The first-order valence-corrected chi connectivity index (χ1v) is 6.55. The van der Waals surface area contributed by atoms with Gasteiger partial charge < -0.3 is 4.90 Å². The van der Waals surface area contributed by atoms with Gasteiger partial charge in [0, 0.05) is 18.1 Å². The van der Waals surface area contributed by atoms with Crippen LogP contribution >= 0.6 is 11.3 Å². The van der Waals surface area contributed by atoms with Crippen LogP contribution in [0.1, 0.15) is 16.8 Å². The van der Waals surface area contributed by atoms with Gasteiger partial charge in [-0.1, -0.05) is 0 Å². The molecule has 0 aliphatic rings. The van der Waals surface area contributed by atoms with Crippen molar-refractivity contribution in [3.05, 3.63) is 45.9 Å². The zero-order valence-electron chi connectivity index (χ0n) is 10.5. The van der Waals surface area contributed by atoms with Gasteiger partial charge in [-0.25, -0.2) is 4.98 Å². The van der Waals surface area contributed by atoms with Crippen LogP contribution in [0.4, 0.5) is 18.9 Å². The van der Waals surface area contributed by atoms with Crippen LogP contribution in [-0.2, 0) is 12.7 Å². The topological polar surface area (TPSA) is 39.9 Å². The monoisotopic (exact) mass is 297 g/mol. The fourth-order valence-corrected chi connectivity index (χ4v) is 2.31. The molecule has 0 amide bonds. The third-order valence-corrected chi connectivity index (χ3v) is 3.39. The van der Waals surface area contributed by atoms with Gasteiger partial charge >= 0.3 is 6.18 Å². The number of nitriles is 1. The molecular formula is C13H10F3N3S. The molecule has 2 aromatic rings. The van der Waals surface area contributed by atoms with Crippen LogP contribution in [0, 0.1) is 11.3 Å². The number of anilines is 1. The molecule has 0 fully saturated rings. The number of nitrogens with zero attached hydrogens (tertiary/aromatic N) is 3. The summed E-state index contributed by atoms with van der Waals surface area (Å²) in [5.41, 5.74) is 1.78. The third kappa shape index (κ3) is 3.08. The Kier molecular flexibility index (Phi) is 3.95. The van der Waals surface area contributed by atoms with E-state index in [9.17, 15) is 13.2 Å². The van der Waals surface area contributed by atoms with Crippen molar-refractivity contribution in [1.82, 2.24) is 4.98 Å². The SMILES string of the molecule is CN(Cc1cscn1)c1ccc(C(F)(F)F)c(C#N)c1. The van der Waals surface area contributed by atoms with Gasteiger partial charge in [0.1, 0.15) is 0 Å². The minimum Gasteiger partial charge on any atom is -0.369 e. The van der Waals surface area contributed by atoms with Crippen molar-refractivity contribution in [2.45, 2.75) is 12.7 Å². The molecule has 104 valence electrons. The highest BCUT2D eigenvalue weighted by molar-refractivity contribution is 7.07. The number of hydrogen-bond donors (Lipinski definition) is 0. The van der Waals surface area contributed by atoms with Gasteiger partial charge in [-0.15, -0.1) is 11.3 Å². The van der Waals surface area contributed by atoms with Gasteiger partial charge in [-0.2, -0.15) is 18.4 Å². The molecule has 0 aliphatic heterocycles. The average molecular weight is 297 g/mol. The Morgan fingerprint density at radius 1 is 1.40 bits per heavy atom. The maximum Gasteiger partial charge on any atom is 0.417 e. The standard InChI is InChI=1S/C13H10F3N3S/c1-19(6-10-7-20-8-18-10)11-2-3-12(13(14,15)16)9(4-11)5-17/h2-4,7-8H,6H2,1H3. The molecule has 0 aliphatic carbocycles. The van der Waals surface area contributed by atoms with Crippen LogP contribution in [0.15, 0.2) is 29.1 Å². The summed E-state index contributed by atoms with van der Waals surface area (Å²) in [6.45, 7) is 0.472. The molecule has 0 saturated carbocycles. The number of thiazole rings is 1. The Labute approximate surface area is 117 Å². The fraction of sp³-hybridized carbons (Fsp3) is 0.231. The zero-order chi connectivity index (χ0) is 14.8. The molecule has 0 spiro atoms. The van der Waals surface area contributed by atoms with E-state index in [0.29, 0.717) is 12.2 Å². The molecule has 7 heteroatoms. The Morgan fingerprint density at radius 2 is 2.15 bits per heavy atom. The lowest BCUT2D eigenvalue weighted by atomic mass is 10.1. The predicted molar refractivity (Wildman–Crippen MR) is 70.4 cm³/mol.